The number of likely N-dealkylation sites (tertiary alicyclic amines) is 1. The van der Waals surface area contributed by atoms with Gasteiger partial charge in [-0.3, -0.25) is 4.79 Å². The smallest absolute Gasteiger partial charge is 0.234 e. The summed E-state index contributed by atoms with van der Waals surface area (Å²) in [5, 5.41) is 2.11. The van der Waals surface area contributed by atoms with E-state index in [1.165, 1.54) is 30.6 Å². The van der Waals surface area contributed by atoms with Gasteiger partial charge in [-0.25, -0.2) is 0 Å². The average Bonchev–Trinajstić information content (AvgIpc) is 3.10. The molecule has 0 spiro atoms. The number of nitrogens with zero attached hydrogens (tertiary/aromatic N) is 1. The van der Waals surface area contributed by atoms with E-state index in [1.54, 1.807) is 11.3 Å². The van der Waals surface area contributed by atoms with Gasteiger partial charge in [0.1, 0.15) is 0 Å². The van der Waals surface area contributed by atoms with Crippen molar-refractivity contribution in [2.75, 3.05) is 13.1 Å². The van der Waals surface area contributed by atoms with Gasteiger partial charge in [-0.1, -0.05) is 25.8 Å². The normalized spacial score (nSPS) is 23.7. The minimum Gasteiger partial charge on any atom is -0.342 e. The van der Waals surface area contributed by atoms with Crippen molar-refractivity contribution in [3.8, 4) is 0 Å². The van der Waals surface area contributed by atoms with Crippen molar-refractivity contribution in [3.05, 3.63) is 22.4 Å². The minimum atomic E-state index is -0.172. The van der Waals surface area contributed by atoms with Crippen molar-refractivity contribution in [2.45, 2.75) is 50.9 Å². The van der Waals surface area contributed by atoms with Gasteiger partial charge in [0.2, 0.25) is 5.91 Å². The van der Waals surface area contributed by atoms with E-state index in [1.807, 2.05) is 0 Å². The van der Waals surface area contributed by atoms with Crippen LogP contribution in [0.15, 0.2) is 17.5 Å². The maximum atomic E-state index is 13.1. The first kappa shape index (κ1) is 13.2. The first-order valence-electron chi connectivity index (χ1n) is 7.56. The summed E-state index contributed by atoms with van der Waals surface area (Å²) in [6.45, 7) is 4.23. The molecule has 0 aromatic carbocycles. The molecule has 0 radical (unpaired) electrons. The zero-order chi connectivity index (χ0) is 13.3. The number of carbonyl (C=O) groups is 1. The van der Waals surface area contributed by atoms with Gasteiger partial charge in [-0.15, -0.1) is 11.3 Å². The molecule has 0 atom stereocenters. The van der Waals surface area contributed by atoms with Crippen LogP contribution in [0.3, 0.4) is 0 Å². The number of hydrogen-bond donors (Lipinski definition) is 0. The lowest BCUT2D eigenvalue weighted by Gasteiger charge is -2.37. The summed E-state index contributed by atoms with van der Waals surface area (Å²) in [7, 11) is 0. The molecule has 2 fully saturated rings. The fourth-order valence-corrected chi connectivity index (χ4v) is 4.59. The van der Waals surface area contributed by atoms with Gasteiger partial charge in [0.15, 0.2) is 0 Å². The highest BCUT2D eigenvalue weighted by Gasteiger charge is 2.45. The molecular formula is C16H23NOS. The van der Waals surface area contributed by atoms with E-state index in [9.17, 15) is 4.79 Å². The fraction of sp³-hybridized carbons (Fsp3) is 0.688. The van der Waals surface area contributed by atoms with Crippen LogP contribution in [0.5, 0.6) is 0 Å². The molecule has 2 nitrogen and oxygen atoms in total. The Labute approximate surface area is 119 Å². The molecule has 104 valence electrons. The first-order valence-corrected chi connectivity index (χ1v) is 8.44. The Morgan fingerprint density at radius 2 is 2.00 bits per heavy atom. The molecule has 19 heavy (non-hydrogen) atoms. The van der Waals surface area contributed by atoms with Gasteiger partial charge in [-0.2, -0.15) is 0 Å². The lowest BCUT2D eigenvalue weighted by molar-refractivity contribution is -0.138. The average molecular weight is 277 g/mol. The molecule has 1 amide bonds. The van der Waals surface area contributed by atoms with E-state index < -0.39 is 0 Å². The van der Waals surface area contributed by atoms with Gasteiger partial charge in [0.25, 0.3) is 0 Å². The van der Waals surface area contributed by atoms with Gasteiger partial charge < -0.3 is 4.90 Å². The molecule has 0 N–H and O–H groups in total. The molecule has 0 unspecified atom stereocenters. The molecule has 1 aliphatic carbocycles. The third kappa shape index (κ3) is 2.33. The Balaban J connectivity index is 1.83. The monoisotopic (exact) mass is 277 g/mol. The van der Waals surface area contributed by atoms with Gasteiger partial charge in [0.05, 0.1) is 5.41 Å². The summed E-state index contributed by atoms with van der Waals surface area (Å²) >= 11 is 1.76. The molecule has 1 saturated heterocycles. The topological polar surface area (TPSA) is 20.3 Å². The molecule has 2 aliphatic rings. The second kappa shape index (κ2) is 5.28. The van der Waals surface area contributed by atoms with Crippen LogP contribution >= 0.6 is 11.3 Å². The largest absolute Gasteiger partial charge is 0.342 e. The van der Waals surface area contributed by atoms with Crippen molar-refractivity contribution in [1.29, 1.82) is 0 Å². The summed E-state index contributed by atoms with van der Waals surface area (Å²) in [5.74, 6) is 1.20. The molecule has 2 heterocycles. The fourth-order valence-electron chi connectivity index (χ4n) is 3.61. The van der Waals surface area contributed by atoms with E-state index in [2.05, 4.69) is 29.3 Å². The summed E-state index contributed by atoms with van der Waals surface area (Å²) in [6.07, 6.45) is 6.86. The quantitative estimate of drug-likeness (QED) is 0.805. The van der Waals surface area contributed by atoms with Crippen molar-refractivity contribution in [3.63, 3.8) is 0 Å². The number of piperidine rings is 1. The Hall–Kier alpha value is -0.830. The Morgan fingerprint density at radius 1 is 1.32 bits per heavy atom. The molecule has 0 bridgehead atoms. The maximum Gasteiger partial charge on any atom is 0.234 e. The summed E-state index contributed by atoms with van der Waals surface area (Å²) < 4.78 is 0. The standard InChI is InChI=1S/C16H23NOS/c1-13-6-10-17(11-7-13)15(18)16(8-2-3-9-16)14-5-4-12-19-14/h4-5,12-13H,2-3,6-11H2,1H3. The van der Waals surface area contributed by atoms with E-state index in [0.717, 1.165) is 31.8 Å². The van der Waals surface area contributed by atoms with Crippen LogP contribution in [0.1, 0.15) is 50.3 Å². The van der Waals surface area contributed by atoms with Crippen LogP contribution in [0.25, 0.3) is 0 Å². The second-order valence-electron chi connectivity index (χ2n) is 6.24. The van der Waals surface area contributed by atoms with Crippen molar-refractivity contribution < 1.29 is 4.79 Å². The van der Waals surface area contributed by atoms with Crippen molar-refractivity contribution >= 4 is 17.2 Å². The van der Waals surface area contributed by atoms with E-state index in [4.69, 9.17) is 0 Å². The summed E-state index contributed by atoms with van der Waals surface area (Å²) in [6, 6.07) is 4.26. The lowest BCUT2D eigenvalue weighted by Crippen LogP contribution is -2.48. The zero-order valence-corrected chi connectivity index (χ0v) is 12.5. The van der Waals surface area contributed by atoms with Crippen LogP contribution in [0, 0.1) is 5.92 Å². The molecule has 1 aromatic heterocycles. The van der Waals surface area contributed by atoms with Gasteiger partial charge >= 0.3 is 0 Å². The molecular weight excluding hydrogens is 254 g/mol. The number of amides is 1. The molecule has 1 aromatic rings. The predicted octanol–water partition coefficient (Wildman–Crippen LogP) is 3.82. The Morgan fingerprint density at radius 3 is 2.58 bits per heavy atom. The van der Waals surface area contributed by atoms with Crippen LogP contribution in [0.2, 0.25) is 0 Å². The second-order valence-corrected chi connectivity index (χ2v) is 7.19. The maximum absolute atomic E-state index is 13.1. The van der Waals surface area contributed by atoms with Crippen LogP contribution < -0.4 is 0 Å². The molecule has 3 heteroatoms. The Bertz CT molecular complexity index is 426. The number of carbonyl (C=O) groups excluding carboxylic acids is 1. The van der Waals surface area contributed by atoms with Crippen LogP contribution in [-0.2, 0) is 10.2 Å². The highest BCUT2D eigenvalue weighted by atomic mass is 32.1. The molecule has 1 saturated carbocycles. The lowest BCUT2D eigenvalue weighted by atomic mass is 9.82. The Kier molecular flexibility index (Phi) is 3.66. The number of hydrogen-bond acceptors (Lipinski definition) is 2. The third-order valence-corrected chi connectivity index (χ3v) is 6.00. The highest BCUT2D eigenvalue weighted by Crippen LogP contribution is 2.44. The SMILES string of the molecule is CC1CCN(C(=O)C2(c3cccs3)CCCC2)CC1. The highest BCUT2D eigenvalue weighted by molar-refractivity contribution is 7.10. The van der Waals surface area contributed by atoms with Crippen LogP contribution in [0.4, 0.5) is 0 Å². The van der Waals surface area contributed by atoms with Gasteiger partial charge in [0, 0.05) is 18.0 Å². The third-order valence-electron chi connectivity index (χ3n) is 4.93. The number of thiophene rings is 1. The van der Waals surface area contributed by atoms with Crippen molar-refractivity contribution in [1.82, 2.24) is 4.90 Å². The number of rotatable bonds is 2. The molecule has 1 aliphatic heterocycles. The molecule has 3 rings (SSSR count). The van der Waals surface area contributed by atoms with Crippen LogP contribution in [-0.4, -0.2) is 23.9 Å². The van der Waals surface area contributed by atoms with E-state index in [0.29, 0.717) is 5.91 Å². The predicted molar refractivity (Wildman–Crippen MR) is 79.4 cm³/mol. The van der Waals surface area contributed by atoms with Gasteiger partial charge in [-0.05, 0) is 43.0 Å². The van der Waals surface area contributed by atoms with E-state index >= 15 is 0 Å². The first-order chi connectivity index (χ1) is 9.22. The summed E-state index contributed by atoms with van der Waals surface area (Å²) in [4.78, 5) is 16.5. The van der Waals surface area contributed by atoms with Crippen molar-refractivity contribution in [2.24, 2.45) is 5.92 Å². The zero-order valence-electron chi connectivity index (χ0n) is 11.7. The minimum absolute atomic E-state index is 0.172. The van der Waals surface area contributed by atoms with E-state index in [-0.39, 0.29) is 5.41 Å². The summed E-state index contributed by atoms with van der Waals surface area (Å²) in [5.41, 5.74) is -0.172.